The zero-order valence-electron chi connectivity index (χ0n) is 14.7. The average molecular weight is 364 g/mol. The largest absolute Gasteiger partial charge is 0.403 e. The topological polar surface area (TPSA) is 111 Å². The van der Waals surface area contributed by atoms with E-state index in [1.165, 1.54) is 24.3 Å². The summed E-state index contributed by atoms with van der Waals surface area (Å²) in [7, 11) is 0. The lowest BCUT2D eigenvalue weighted by Gasteiger charge is -2.01. The molecule has 1 heterocycles. The second-order valence-corrected chi connectivity index (χ2v) is 5.91. The Labute approximate surface area is 154 Å². The number of rotatable bonds is 5. The SMILES string of the molecule is Cc1ccc(C)c(-c2nnc(NC(=O)/C=C/c3cccc([N+](=O)[O-])c3)o2)c1. The summed E-state index contributed by atoms with van der Waals surface area (Å²) >= 11 is 0. The van der Waals surface area contributed by atoms with E-state index in [0.717, 1.165) is 16.7 Å². The third kappa shape index (κ3) is 4.43. The highest BCUT2D eigenvalue weighted by atomic mass is 16.6. The molecule has 0 saturated carbocycles. The normalized spacial score (nSPS) is 10.9. The van der Waals surface area contributed by atoms with Crippen LogP contribution in [0.1, 0.15) is 16.7 Å². The molecule has 1 amide bonds. The van der Waals surface area contributed by atoms with E-state index >= 15 is 0 Å². The Kier molecular flexibility index (Phi) is 5.07. The van der Waals surface area contributed by atoms with Crippen LogP contribution in [0.25, 0.3) is 17.5 Å². The zero-order chi connectivity index (χ0) is 19.4. The minimum Gasteiger partial charge on any atom is -0.403 e. The van der Waals surface area contributed by atoms with E-state index < -0.39 is 10.8 Å². The number of aromatic nitrogens is 2. The fourth-order valence-corrected chi connectivity index (χ4v) is 2.41. The first-order valence-electron chi connectivity index (χ1n) is 8.07. The van der Waals surface area contributed by atoms with Crippen LogP contribution in [0.3, 0.4) is 0 Å². The van der Waals surface area contributed by atoms with E-state index in [0.29, 0.717) is 11.5 Å². The molecule has 2 aromatic carbocycles. The Morgan fingerprint density at radius 2 is 2.00 bits per heavy atom. The number of hydrogen-bond acceptors (Lipinski definition) is 6. The Balaban J connectivity index is 1.70. The molecule has 0 radical (unpaired) electrons. The molecule has 0 saturated heterocycles. The van der Waals surface area contributed by atoms with E-state index in [1.807, 2.05) is 32.0 Å². The monoisotopic (exact) mass is 364 g/mol. The van der Waals surface area contributed by atoms with Gasteiger partial charge in [-0.1, -0.05) is 34.9 Å². The molecule has 0 spiro atoms. The molecule has 0 bridgehead atoms. The number of nitro benzene ring substituents is 1. The molecule has 3 aromatic rings. The highest BCUT2D eigenvalue weighted by Crippen LogP contribution is 2.24. The highest BCUT2D eigenvalue weighted by Gasteiger charge is 2.12. The van der Waals surface area contributed by atoms with Crippen LogP contribution in [-0.4, -0.2) is 21.0 Å². The predicted octanol–water partition coefficient (Wildman–Crippen LogP) is 3.91. The van der Waals surface area contributed by atoms with Gasteiger partial charge in [0, 0.05) is 23.8 Å². The minimum absolute atomic E-state index is 0.0281. The van der Waals surface area contributed by atoms with Crippen molar-refractivity contribution in [1.29, 1.82) is 0 Å². The van der Waals surface area contributed by atoms with Gasteiger partial charge in [0.15, 0.2) is 0 Å². The molecule has 1 aromatic heterocycles. The van der Waals surface area contributed by atoms with E-state index in [4.69, 9.17) is 4.42 Å². The number of anilines is 1. The smallest absolute Gasteiger partial charge is 0.322 e. The summed E-state index contributed by atoms with van der Waals surface area (Å²) in [6.45, 7) is 3.89. The van der Waals surface area contributed by atoms with E-state index in [1.54, 1.807) is 12.1 Å². The van der Waals surface area contributed by atoms with Crippen molar-refractivity contribution in [3.05, 3.63) is 75.3 Å². The van der Waals surface area contributed by atoms with Crippen molar-refractivity contribution in [2.45, 2.75) is 13.8 Å². The van der Waals surface area contributed by atoms with Crippen LogP contribution in [0.5, 0.6) is 0 Å². The fourth-order valence-electron chi connectivity index (χ4n) is 2.41. The fraction of sp³-hybridized carbons (Fsp3) is 0.105. The van der Waals surface area contributed by atoms with E-state index in [-0.39, 0.29) is 11.7 Å². The maximum Gasteiger partial charge on any atom is 0.322 e. The quantitative estimate of drug-likeness (QED) is 0.417. The molecule has 0 aliphatic carbocycles. The Bertz CT molecular complexity index is 1040. The van der Waals surface area contributed by atoms with Crippen LogP contribution in [0.2, 0.25) is 0 Å². The first-order chi connectivity index (χ1) is 12.9. The summed E-state index contributed by atoms with van der Waals surface area (Å²) in [6, 6.07) is 11.8. The summed E-state index contributed by atoms with van der Waals surface area (Å²) in [5, 5.41) is 21.0. The van der Waals surface area contributed by atoms with Crippen molar-refractivity contribution in [1.82, 2.24) is 10.2 Å². The lowest BCUT2D eigenvalue weighted by molar-refractivity contribution is -0.384. The van der Waals surface area contributed by atoms with Crippen molar-refractivity contribution in [2.24, 2.45) is 0 Å². The van der Waals surface area contributed by atoms with Crippen LogP contribution in [0.4, 0.5) is 11.7 Å². The van der Waals surface area contributed by atoms with Gasteiger partial charge < -0.3 is 4.42 Å². The molecule has 0 aliphatic rings. The third-order valence-corrected chi connectivity index (χ3v) is 3.79. The van der Waals surface area contributed by atoms with Gasteiger partial charge >= 0.3 is 6.01 Å². The Morgan fingerprint density at radius 3 is 2.78 bits per heavy atom. The number of carbonyl (C=O) groups excluding carboxylic acids is 1. The number of nitrogens with one attached hydrogen (secondary N) is 1. The second-order valence-electron chi connectivity index (χ2n) is 5.91. The average Bonchev–Trinajstić information content (AvgIpc) is 3.10. The number of hydrogen-bond donors (Lipinski definition) is 1. The molecule has 3 rings (SSSR count). The molecule has 8 nitrogen and oxygen atoms in total. The molecule has 136 valence electrons. The van der Waals surface area contributed by atoms with Gasteiger partial charge in [-0.2, -0.15) is 0 Å². The first kappa shape index (κ1) is 18.0. The standard InChI is InChI=1S/C19H16N4O4/c1-12-6-7-13(2)16(10-12)18-21-22-19(27-18)20-17(24)9-8-14-4-3-5-15(11-14)23(25)26/h3-11H,1-2H3,(H,20,22,24)/b9-8+. The van der Waals surface area contributed by atoms with Crippen molar-refractivity contribution < 1.29 is 14.1 Å². The second kappa shape index (κ2) is 7.61. The predicted molar refractivity (Wildman–Crippen MR) is 100.0 cm³/mol. The third-order valence-electron chi connectivity index (χ3n) is 3.79. The molecular formula is C19H16N4O4. The number of benzene rings is 2. The van der Waals surface area contributed by atoms with Gasteiger partial charge in [0.05, 0.1) is 4.92 Å². The summed E-state index contributed by atoms with van der Waals surface area (Å²) in [5.41, 5.74) is 3.32. The van der Waals surface area contributed by atoms with Crippen molar-refractivity contribution in [3.63, 3.8) is 0 Å². The lowest BCUT2D eigenvalue weighted by atomic mass is 10.1. The molecule has 0 atom stereocenters. The minimum atomic E-state index is -0.495. The molecule has 0 fully saturated rings. The van der Waals surface area contributed by atoms with Gasteiger partial charge in [0.1, 0.15) is 0 Å². The van der Waals surface area contributed by atoms with E-state index in [9.17, 15) is 14.9 Å². The number of non-ortho nitro benzene ring substituents is 1. The number of aryl methyl sites for hydroxylation is 2. The molecule has 8 heteroatoms. The molecule has 27 heavy (non-hydrogen) atoms. The van der Waals surface area contributed by atoms with Gasteiger partial charge in [-0.05, 0) is 37.1 Å². The maximum absolute atomic E-state index is 12.0. The number of nitro groups is 1. The van der Waals surface area contributed by atoms with Gasteiger partial charge in [0.2, 0.25) is 5.89 Å². The molecule has 0 unspecified atom stereocenters. The lowest BCUT2D eigenvalue weighted by Crippen LogP contribution is -2.07. The van der Waals surface area contributed by atoms with Gasteiger partial charge in [-0.15, -0.1) is 5.10 Å². The summed E-state index contributed by atoms with van der Waals surface area (Å²) in [5.74, 6) is -0.174. The summed E-state index contributed by atoms with van der Waals surface area (Å²) < 4.78 is 5.50. The summed E-state index contributed by atoms with van der Waals surface area (Å²) in [6.07, 6.45) is 2.70. The number of nitrogens with zero attached hydrogens (tertiary/aromatic N) is 3. The van der Waals surface area contributed by atoms with Crippen LogP contribution in [-0.2, 0) is 4.79 Å². The Morgan fingerprint density at radius 1 is 1.19 bits per heavy atom. The summed E-state index contributed by atoms with van der Waals surface area (Å²) in [4.78, 5) is 22.3. The highest BCUT2D eigenvalue weighted by molar-refractivity contribution is 6.00. The number of carbonyl (C=O) groups is 1. The van der Waals surface area contributed by atoms with Crippen molar-refractivity contribution in [2.75, 3.05) is 5.32 Å². The van der Waals surface area contributed by atoms with Gasteiger partial charge in [0.25, 0.3) is 11.6 Å². The first-order valence-corrected chi connectivity index (χ1v) is 8.07. The van der Waals surface area contributed by atoms with Crippen molar-refractivity contribution in [3.8, 4) is 11.5 Å². The molecular weight excluding hydrogens is 348 g/mol. The van der Waals surface area contributed by atoms with Crippen LogP contribution in [0.15, 0.2) is 53.0 Å². The van der Waals surface area contributed by atoms with Crippen LogP contribution >= 0.6 is 0 Å². The van der Waals surface area contributed by atoms with Crippen molar-refractivity contribution >= 4 is 23.7 Å². The number of amides is 1. The zero-order valence-corrected chi connectivity index (χ0v) is 14.7. The van der Waals surface area contributed by atoms with Crippen LogP contribution < -0.4 is 5.32 Å². The molecule has 1 N–H and O–H groups in total. The van der Waals surface area contributed by atoms with Gasteiger partial charge in [-0.3, -0.25) is 20.2 Å². The maximum atomic E-state index is 12.0. The van der Waals surface area contributed by atoms with Gasteiger partial charge in [-0.25, -0.2) is 0 Å². The van der Waals surface area contributed by atoms with Crippen LogP contribution in [0, 0.1) is 24.0 Å². The molecule has 0 aliphatic heterocycles. The Hall–Kier alpha value is -3.81. The van der Waals surface area contributed by atoms with E-state index in [2.05, 4.69) is 15.5 Å².